The van der Waals surface area contributed by atoms with E-state index in [1.165, 1.54) is 23.8 Å². The minimum atomic E-state index is -1.42. The van der Waals surface area contributed by atoms with Gasteiger partial charge in [-0.25, -0.2) is 4.98 Å². The van der Waals surface area contributed by atoms with Crippen molar-refractivity contribution < 1.29 is 38.1 Å². The van der Waals surface area contributed by atoms with E-state index in [1.54, 1.807) is 12.0 Å². The number of carboxylic acids is 1. The van der Waals surface area contributed by atoms with Crippen LogP contribution in [0.25, 0.3) is 10.8 Å². The van der Waals surface area contributed by atoms with E-state index in [1.807, 2.05) is 31.2 Å². The third-order valence-corrected chi connectivity index (χ3v) is 9.52. The van der Waals surface area contributed by atoms with Crippen LogP contribution >= 0.6 is 11.3 Å². The molecule has 2 aliphatic heterocycles. The van der Waals surface area contributed by atoms with Crippen molar-refractivity contribution >= 4 is 34.0 Å². The number of fused-ring (bicyclic) bond motifs is 1. The average Bonchev–Trinajstić information content (AvgIpc) is 3.58. The summed E-state index contributed by atoms with van der Waals surface area (Å²) in [4.78, 5) is 46.5. The molecule has 1 N–H and O–H groups in total. The Morgan fingerprint density at radius 1 is 1.25 bits per heavy atom. The lowest BCUT2D eigenvalue weighted by Crippen LogP contribution is -2.60. The van der Waals surface area contributed by atoms with Gasteiger partial charge in [-0.3, -0.25) is 19.3 Å². The van der Waals surface area contributed by atoms with Crippen LogP contribution in [0.4, 0.5) is 5.00 Å². The molecular weight excluding hydrogens is 536 g/mol. The number of anilines is 1. The number of benzene rings is 1. The summed E-state index contributed by atoms with van der Waals surface area (Å²) in [6, 6.07) is 7.54. The third-order valence-electron chi connectivity index (χ3n) is 8.21. The number of carbonyl (C=O) groups excluding carboxylic acids is 2. The Labute approximate surface area is 234 Å². The van der Waals surface area contributed by atoms with Gasteiger partial charge in [0.25, 0.3) is 0 Å². The van der Waals surface area contributed by atoms with Gasteiger partial charge in [0.05, 0.1) is 42.3 Å². The summed E-state index contributed by atoms with van der Waals surface area (Å²) in [5.41, 5.74) is 0.462. The second kappa shape index (κ2) is 10.5. The van der Waals surface area contributed by atoms with Crippen molar-refractivity contribution in [3.63, 3.8) is 0 Å². The first kappa shape index (κ1) is 26.7. The average molecular weight is 567 g/mol. The van der Waals surface area contributed by atoms with E-state index in [9.17, 15) is 19.5 Å². The lowest BCUT2D eigenvalue weighted by molar-refractivity contribution is -0.152. The smallest absolute Gasteiger partial charge is 0.306 e. The maximum Gasteiger partial charge on any atom is 0.306 e. The zero-order valence-electron chi connectivity index (χ0n) is 22.3. The summed E-state index contributed by atoms with van der Waals surface area (Å²) in [6.45, 7) is 3.13. The van der Waals surface area contributed by atoms with E-state index in [0.717, 1.165) is 18.4 Å². The zero-order valence-corrected chi connectivity index (χ0v) is 23.1. The summed E-state index contributed by atoms with van der Waals surface area (Å²) in [5.74, 6) is -1.47. The molecule has 3 aliphatic rings. The van der Waals surface area contributed by atoms with Crippen LogP contribution in [0.15, 0.2) is 41.1 Å². The fraction of sp³-hybridized carbons (Fsp3) is 0.448. The Balaban J connectivity index is 1.44. The van der Waals surface area contributed by atoms with Gasteiger partial charge >= 0.3 is 5.97 Å². The molecular formula is C29H30N2O8S. The van der Waals surface area contributed by atoms with Gasteiger partial charge in [-0.15, -0.1) is 11.3 Å². The summed E-state index contributed by atoms with van der Waals surface area (Å²) in [5, 5.41) is 10.1. The number of ketones is 1. The molecule has 6 rings (SSSR count). The first-order chi connectivity index (χ1) is 19.3. The van der Waals surface area contributed by atoms with E-state index in [4.69, 9.17) is 18.6 Å². The number of hydrogen-bond acceptors (Lipinski definition) is 9. The molecule has 3 aromatic rings. The lowest BCUT2D eigenvalue weighted by Gasteiger charge is -2.48. The molecule has 11 heteroatoms. The van der Waals surface area contributed by atoms with Crippen LogP contribution in [0, 0.1) is 18.3 Å². The second-order valence-corrected chi connectivity index (χ2v) is 11.5. The van der Waals surface area contributed by atoms with Gasteiger partial charge in [0, 0.05) is 18.8 Å². The minimum Gasteiger partial charge on any atom is -0.496 e. The van der Waals surface area contributed by atoms with E-state index in [2.05, 4.69) is 4.98 Å². The fourth-order valence-electron chi connectivity index (χ4n) is 6.02. The molecule has 210 valence electrons. The summed E-state index contributed by atoms with van der Waals surface area (Å²) < 4.78 is 23.4. The number of thiophene rings is 1. The van der Waals surface area contributed by atoms with Crippen LogP contribution in [0.5, 0.6) is 5.75 Å². The maximum absolute atomic E-state index is 14.3. The van der Waals surface area contributed by atoms with Gasteiger partial charge in [-0.1, -0.05) is 18.2 Å². The number of carbonyl (C=O) groups is 3. The maximum atomic E-state index is 14.3. The molecule has 1 amide bonds. The van der Waals surface area contributed by atoms with Crippen LogP contribution in [0.1, 0.15) is 53.3 Å². The van der Waals surface area contributed by atoms with Gasteiger partial charge in [-0.05, 0) is 44.2 Å². The Morgan fingerprint density at radius 3 is 2.67 bits per heavy atom. The number of nitrogens with zero attached hydrogens (tertiary/aromatic N) is 2. The summed E-state index contributed by atoms with van der Waals surface area (Å²) in [6.07, 6.45) is 3.74. The Bertz CT molecular complexity index is 1440. The molecule has 10 nitrogen and oxygen atoms in total. The highest BCUT2D eigenvalue weighted by Gasteiger charge is 2.63. The van der Waals surface area contributed by atoms with Crippen molar-refractivity contribution in [3.05, 3.63) is 53.4 Å². The minimum absolute atomic E-state index is 0.0281. The molecule has 0 unspecified atom stereocenters. The van der Waals surface area contributed by atoms with Gasteiger partial charge in [0.15, 0.2) is 5.78 Å². The number of ether oxygens (including phenoxy) is 3. The van der Waals surface area contributed by atoms with Crippen LogP contribution < -0.4 is 9.64 Å². The van der Waals surface area contributed by atoms with E-state index in [-0.39, 0.29) is 31.3 Å². The molecule has 2 aromatic heterocycles. The molecule has 0 bridgehead atoms. The van der Waals surface area contributed by atoms with Crippen molar-refractivity contribution in [2.75, 3.05) is 31.8 Å². The molecule has 1 spiro atoms. The Kier molecular flexibility index (Phi) is 6.97. The summed E-state index contributed by atoms with van der Waals surface area (Å²) in [7, 11) is 1.59. The molecule has 1 atom stereocenters. The Morgan fingerprint density at radius 2 is 2.00 bits per heavy atom. The predicted octanol–water partition coefficient (Wildman–Crippen LogP) is 4.67. The fourth-order valence-corrected chi connectivity index (χ4v) is 7.27. The number of para-hydroxylation sites is 1. The van der Waals surface area contributed by atoms with Crippen LogP contribution in [-0.4, -0.2) is 60.7 Å². The number of hydrogen-bond donors (Lipinski definition) is 1. The number of carboxylic acid groups (broad SMARTS) is 1. The molecule has 1 saturated carbocycles. The number of aliphatic carboxylic acids is 1. The van der Waals surface area contributed by atoms with Crippen LogP contribution in [0.3, 0.4) is 0 Å². The van der Waals surface area contributed by atoms with E-state index < -0.39 is 29.3 Å². The SMILES string of the molecule is COc1ccccc1[C@@H](CN1C(=O)C2(CC(C(=O)O)C2)C(=O)c2c1sc(-c1ncco1)c2C)OC1CCOCC1. The quantitative estimate of drug-likeness (QED) is 0.387. The highest BCUT2D eigenvalue weighted by atomic mass is 32.1. The zero-order chi connectivity index (χ0) is 28.0. The second-order valence-electron chi connectivity index (χ2n) is 10.5. The number of methoxy groups -OCH3 is 1. The number of Topliss-reactive ketones (excluding diaryl/α,β-unsaturated/α-hetero) is 1. The topological polar surface area (TPSA) is 128 Å². The number of amides is 1. The number of rotatable bonds is 8. The molecule has 40 heavy (non-hydrogen) atoms. The van der Waals surface area contributed by atoms with E-state index >= 15 is 0 Å². The van der Waals surface area contributed by atoms with Gasteiger partial charge < -0.3 is 23.7 Å². The van der Waals surface area contributed by atoms with Crippen molar-refractivity contribution in [2.24, 2.45) is 11.3 Å². The first-order valence-corrected chi connectivity index (χ1v) is 14.1. The van der Waals surface area contributed by atoms with E-state index in [0.29, 0.717) is 45.9 Å². The standard InChI is InChI=1S/C29H30N2O8S/c1-16-22-24(32)29(13-17(14-29)27(33)34)28(35)31(26(22)40-23(16)25-30-9-12-38-25)15-21(39-18-7-10-37-11-8-18)19-5-3-4-6-20(19)36-2/h3-6,9,12,17-18,21H,7-8,10-11,13-15H2,1-2H3,(H,33,34)/t17?,21-,29?/m1/s1. The van der Waals surface area contributed by atoms with Crippen LogP contribution in [-0.2, 0) is 19.1 Å². The van der Waals surface area contributed by atoms with Gasteiger partial charge in [0.1, 0.15) is 28.5 Å². The monoisotopic (exact) mass is 566 g/mol. The molecule has 1 aromatic carbocycles. The van der Waals surface area contributed by atoms with Crippen molar-refractivity contribution in [1.29, 1.82) is 0 Å². The lowest BCUT2D eigenvalue weighted by atomic mass is 9.56. The predicted molar refractivity (Wildman–Crippen MR) is 145 cm³/mol. The normalized spacial score (nSPS) is 23.6. The van der Waals surface area contributed by atoms with Crippen molar-refractivity contribution in [3.8, 4) is 16.5 Å². The van der Waals surface area contributed by atoms with Crippen LogP contribution in [0.2, 0.25) is 0 Å². The molecule has 0 radical (unpaired) electrons. The largest absolute Gasteiger partial charge is 0.496 e. The molecule has 1 saturated heterocycles. The molecule has 4 heterocycles. The summed E-state index contributed by atoms with van der Waals surface area (Å²) >= 11 is 1.28. The highest BCUT2D eigenvalue weighted by Crippen LogP contribution is 2.57. The van der Waals surface area contributed by atoms with Gasteiger partial charge in [0.2, 0.25) is 11.8 Å². The first-order valence-electron chi connectivity index (χ1n) is 13.3. The number of oxazole rings is 1. The Hall–Kier alpha value is -3.54. The molecule has 2 fully saturated rings. The molecule has 1 aliphatic carbocycles. The third kappa shape index (κ3) is 4.32. The van der Waals surface area contributed by atoms with Crippen molar-refractivity contribution in [1.82, 2.24) is 4.98 Å². The van der Waals surface area contributed by atoms with Crippen molar-refractivity contribution in [2.45, 2.75) is 44.8 Å². The van der Waals surface area contributed by atoms with Gasteiger partial charge in [-0.2, -0.15) is 0 Å². The highest BCUT2D eigenvalue weighted by molar-refractivity contribution is 7.20. The number of aromatic nitrogens is 1.